The first-order valence-corrected chi connectivity index (χ1v) is 5.11. The van der Waals surface area contributed by atoms with Gasteiger partial charge in [0, 0.05) is 17.1 Å². The number of alkyl halides is 3. The molecular weight excluding hydrogens is 229 g/mol. The Morgan fingerprint density at radius 2 is 1.88 bits per heavy atom. The summed E-state index contributed by atoms with van der Waals surface area (Å²) in [4.78, 5) is 4.02. The van der Waals surface area contributed by atoms with Crippen molar-refractivity contribution in [2.45, 2.75) is 12.2 Å². The van der Waals surface area contributed by atoms with E-state index in [9.17, 15) is 13.2 Å². The number of para-hydroxylation sites is 1. The Balaban J connectivity index is 2.62. The van der Waals surface area contributed by atoms with Crippen LogP contribution in [0.15, 0.2) is 36.5 Å². The number of rotatable bonds is 2. The van der Waals surface area contributed by atoms with E-state index in [-0.39, 0.29) is 5.56 Å². The van der Waals surface area contributed by atoms with Gasteiger partial charge in [-0.3, -0.25) is 4.98 Å². The number of fused-ring (bicyclic) bond motifs is 1. The summed E-state index contributed by atoms with van der Waals surface area (Å²) in [6.07, 6.45) is -2.84. The van der Waals surface area contributed by atoms with Gasteiger partial charge < -0.3 is 5.32 Å². The molecule has 0 radical (unpaired) electrons. The van der Waals surface area contributed by atoms with Crippen molar-refractivity contribution in [3.05, 3.63) is 42.1 Å². The van der Waals surface area contributed by atoms with Crippen LogP contribution >= 0.6 is 0 Å². The Bertz CT molecular complexity index is 517. The van der Waals surface area contributed by atoms with Crippen LogP contribution < -0.4 is 5.32 Å². The van der Waals surface area contributed by atoms with Gasteiger partial charge in [-0.2, -0.15) is 13.2 Å². The summed E-state index contributed by atoms with van der Waals surface area (Å²) in [5, 5.41) is 2.99. The van der Waals surface area contributed by atoms with Gasteiger partial charge in [-0.25, -0.2) is 0 Å². The Morgan fingerprint density at radius 3 is 2.53 bits per heavy atom. The molecule has 2 aromatic rings. The number of aromatic nitrogens is 1. The minimum Gasteiger partial charge on any atom is -0.305 e. The lowest BCUT2D eigenvalue weighted by atomic mass is 10.0. The molecule has 0 saturated heterocycles. The summed E-state index contributed by atoms with van der Waals surface area (Å²) < 4.78 is 38.5. The second-order valence-corrected chi connectivity index (χ2v) is 3.69. The molecule has 0 aliphatic rings. The molecule has 1 unspecified atom stereocenters. The van der Waals surface area contributed by atoms with E-state index in [1.54, 1.807) is 24.3 Å². The number of hydrogen-bond donors (Lipinski definition) is 1. The largest absolute Gasteiger partial charge is 0.407 e. The Labute approximate surface area is 96.5 Å². The zero-order valence-electron chi connectivity index (χ0n) is 9.12. The summed E-state index contributed by atoms with van der Waals surface area (Å²) >= 11 is 0. The van der Waals surface area contributed by atoms with E-state index < -0.39 is 12.2 Å². The van der Waals surface area contributed by atoms with Crippen LogP contribution in [0.3, 0.4) is 0 Å². The van der Waals surface area contributed by atoms with E-state index in [1.807, 2.05) is 0 Å². The first kappa shape index (κ1) is 11.9. The molecule has 17 heavy (non-hydrogen) atoms. The second-order valence-electron chi connectivity index (χ2n) is 3.69. The van der Waals surface area contributed by atoms with Gasteiger partial charge in [0.1, 0.15) is 6.04 Å². The molecule has 5 heteroatoms. The fourth-order valence-corrected chi connectivity index (χ4v) is 1.86. The van der Waals surface area contributed by atoms with Crippen LogP contribution in [-0.2, 0) is 0 Å². The highest BCUT2D eigenvalue weighted by atomic mass is 19.4. The molecule has 1 N–H and O–H groups in total. The zero-order chi connectivity index (χ0) is 12.5. The average molecular weight is 240 g/mol. The lowest BCUT2D eigenvalue weighted by Gasteiger charge is -2.20. The summed E-state index contributed by atoms with van der Waals surface area (Å²) in [6, 6.07) is 6.55. The molecule has 0 spiro atoms. The number of pyridine rings is 1. The van der Waals surface area contributed by atoms with Crippen LogP contribution in [0.5, 0.6) is 0 Å². The predicted octanol–water partition coefficient (Wildman–Crippen LogP) is 3.06. The molecule has 0 aliphatic carbocycles. The Hall–Kier alpha value is -1.62. The topological polar surface area (TPSA) is 24.9 Å². The van der Waals surface area contributed by atoms with Crippen LogP contribution in [0.1, 0.15) is 11.6 Å². The average Bonchev–Trinajstić information content (AvgIpc) is 2.28. The molecule has 90 valence electrons. The third-order valence-corrected chi connectivity index (χ3v) is 2.59. The van der Waals surface area contributed by atoms with Crippen molar-refractivity contribution in [3.8, 4) is 0 Å². The van der Waals surface area contributed by atoms with Gasteiger partial charge in [0.2, 0.25) is 0 Å². The van der Waals surface area contributed by atoms with Gasteiger partial charge >= 0.3 is 6.18 Å². The summed E-state index contributed by atoms with van der Waals surface area (Å²) in [6.45, 7) is 0. The quantitative estimate of drug-likeness (QED) is 0.872. The zero-order valence-corrected chi connectivity index (χ0v) is 9.12. The van der Waals surface area contributed by atoms with E-state index in [0.29, 0.717) is 10.9 Å². The standard InChI is InChI=1S/C12H11F3N2/c1-16-11(12(13,14)15)9-6-2-4-8-5-3-7-17-10(8)9/h2-7,11,16H,1H3. The van der Waals surface area contributed by atoms with Crippen molar-refractivity contribution in [1.29, 1.82) is 0 Å². The minimum atomic E-state index is -4.33. The molecule has 2 nitrogen and oxygen atoms in total. The molecule has 0 amide bonds. The highest BCUT2D eigenvalue weighted by molar-refractivity contribution is 5.82. The van der Waals surface area contributed by atoms with Crippen LogP contribution in [-0.4, -0.2) is 18.2 Å². The van der Waals surface area contributed by atoms with Crippen LogP contribution in [0, 0.1) is 0 Å². The van der Waals surface area contributed by atoms with Gasteiger partial charge in [0.15, 0.2) is 0 Å². The van der Waals surface area contributed by atoms with E-state index in [0.717, 1.165) is 0 Å². The normalized spacial score (nSPS) is 13.9. The molecule has 0 fully saturated rings. The van der Waals surface area contributed by atoms with Crippen molar-refractivity contribution in [1.82, 2.24) is 10.3 Å². The molecule has 0 saturated carbocycles. The van der Waals surface area contributed by atoms with E-state index in [2.05, 4.69) is 10.3 Å². The molecule has 1 heterocycles. The smallest absolute Gasteiger partial charge is 0.305 e. The van der Waals surface area contributed by atoms with Crippen molar-refractivity contribution in [2.75, 3.05) is 7.05 Å². The van der Waals surface area contributed by atoms with Crippen LogP contribution in [0.4, 0.5) is 13.2 Å². The lowest BCUT2D eigenvalue weighted by Crippen LogP contribution is -2.31. The molecule has 0 aliphatic heterocycles. The first-order valence-electron chi connectivity index (χ1n) is 5.11. The number of halogens is 3. The Morgan fingerprint density at radius 1 is 1.18 bits per heavy atom. The van der Waals surface area contributed by atoms with Gasteiger partial charge in [-0.15, -0.1) is 0 Å². The van der Waals surface area contributed by atoms with Crippen molar-refractivity contribution in [2.24, 2.45) is 0 Å². The summed E-state index contributed by atoms with van der Waals surface area (Å²) in [5.41, 5.74) is 0.532. The monoisotopic (exact) mass is 240 g/mol. The molecule has 2 rings (SSSR count). The summed E-state index contributed by atoms with van der Waals surface area (Å²) in [5.74, 6) is 0. The van der Waals surface area contributed by atoms with E-state index in [4.69, 9.17) is 0 Å². The van der Waals surface area contributed by atoms with Gasteiger partial charge in [0.25, 0.3) is 0 Å². The number of nitrogens with one attached hydrogen (secondary N) is 1. The fraction of sp³-hybridized carbons (Fsp3) is 0.250. The molecule has 1 aromatic carbocycles. The first-order chi connectivity index (χ1) is 8.04. The van der Waals surface area contributed by atoms with Crippen LogP contribution in [0.2, 0.25) is 0 Å². The molecule has 1 aromatic heterocycles. The van der Waals surface area contributed by atoms with Crippen molar-refractivity contribution >= 4 is 10.9 Å². The van der Waals surface area contributed by atoms with Gasteiger partial charge in [-0.05, 0) is 13.1 Å². The van der Waals surface area contributed by atoms with Gasteiger partial charge in [0.05, 0.1) is 5.52 Å². The van der Waals surface area contributed by atoms with Crippen molar-refractivity contribution < 1.29 is 13.2 Å². The van der Waals surface area contributed by atoms with Gasteiger partial charge in [-0.1, -0.05) is 24.3 Å². The minimum absolute atomic E-state index is 0.151. The molecule has 0 bridgehead atoms. The lowest BCUT2D eigenvalue weighted by molar-refractivity contribution is -0.156. The number of nitrogens with zero attached hydrogens (tertiary/aromatic N) is 1. The highest BCUT2D eigenvalue weighted by Gasteiger charge is 2.40. The highest BCUT2D eigenvalue weighted by Crippen LogP contribution is 2.34. The number of hydrogen-bond acceptors (Lipinski definition) is 2. The maximum absolute atomic E-state index is 12.8. The van der Waals surface area contributed by atoms with Crippen LogP contribution in [0.25, 0.3) is 10.9 Å². The molecular formula is C12H11F3N2. The fourth-order valence-electron chi connectivity index (χ4n) is 1.86. The maximum atomic E-state index is 12.8. The van der Waals surface area contributed by atoms with Crippen molar-refractivity contribution in [3.63, 3.8) is 0 Å². The predicted molar refractivity (Wildman–Crippen MR) is 59.6 cm³/mol. The Kier molecular flexibility index (Phi) is 3.02. The van der Waals surface area contributed by atoms with E-state index in [1.165, 1.54) is 19.3 Å². The second kappa shape index (κ2) is 4.33. The maximum Gasteiger partial charge on any atom is 0.407 e. The third kappa shape index (κ3) is 2.24. The molecule has 1 atom stereocenters. The third-order valence-electron chi connectivity index (χ3n) is 2.59. The number of benzene rings is 1. The SMILES string of the molecule is CNC(c1cccc2cccnc12)C(F)(F)F. The summed E-state index contributed by atoms with van der Waals surface area (Å²) in [7, 11) is 1.29. The van der Waals surface area contributed by atoms with E-state index >= 15 is 0 Å².